The number of nitrogens with one attached hydrogen (secondary N) is 1. The minimum Gasteiger partial charge on any atom is -0.452 e. The normalized spacial score (nSPS) is 20.8. The topological polar surface area (TPSA) is 85.6 Å². The molecule has 126 valence electrons. The monoisotopic (exact) mass is 321 g/mol. The van der Waals surface area contributed by atoms with Crippen molar-refractivity contribution in [2.45, 2.75) is 52.5 Å². The Balaban J connectivity index is 1.91. The van der Waals surface area contributed by atoms with E-state index in [2.05, 4.69) is 12.2 Å². The molecule has 1 heterocycles. The Morgan fingerprint density at radius 1 is 1.30 bits per heavy atom. The molecule has 0 radical (unpaired) electrons. The third kappa shape index (κ3) is 4.43. The van der Waals surface area contributed by atoms with Crippen LogP contribution in [-0.2, 0) is 9.53 Å². The Bertz CT molecular complexity index is 623. The van der Waals surface area contributed by atoms with E-state index in [4.69, 9.17) is 9.15 Å². The number of carbonyl (C=O) groups is 2. The highest BCUT2D eigenvalue weighted by molar-refractivity contribution is 5.93. The first-order valence-electron chi connectivity index (χ1n) is 7.96. The van der Waals surface area contributed by atoms with Gasteiger partial charge >= 0.3 is 11.6 Å². The summed E-state index contributed by atoms with van der Waals surface area (Å²) in [5.41, 5.74) is 0.161. The third-order valence-electron chi connectivity index (χ3n) is 4.33. The summed E-state index contributed by atoms with van der Waals surface area (Å²) in [6.07, 6.45) is 4.37. The van der Waals surface area contributed by atoms with Crippen LogP contribution in [0.1, 0.15) is 54.3 Å². The average molecular weight is 321 g/mol. The van der Waals surface area contributed by atoms with Crippen LogP contribution in [0.15, 0.2) is 15.3 Å². The Hall–Kier alpha value is -2.11. The van der Waals surface area contributed by atoms with Crippen molar-refractivity contribution >= 4 is 11.9 Å². The van der Waals surface area contributed by atoms with Gasteiger partial charge in [-0.1, -0.05) is 19.8 Å². The van der Waals surface area contributed by atoms with Crippen LogP contribution in [0, 0.1) is 19.8 Å². The van der Waals surface area contributed by atoms with Crippen LogP contribution >= 0.6 is 0 Å². The predicted molar refractivity (Wildman–Crippen MR) is 84.3 cm³/mol. The largest absolute Gasteiger partial charge is 0.452 e. The Labute approximate surface area is 135 Å². The van der Waals surface area contributed by atoms with Gasteiger partial charge in [0.25, 0.3) is 5.91 Å². The number of hydrogen-bond acceptors (Lipinski definition) is 5. The van der Waals surface area contributed by atoms with E-state index in [0.29, 0.717) is 11.5 Å². The van der Waals surface area contributed by atoms with Crippen molar-refractivity contribution in [3.63, 3.8) is 0 Å². The molecule has 1 aliphatic rings. The summed E-state index contributed by atoms with van der Waals surface area (Å²) in [6, 6.07) is 1.38. The average Bonchev–Trinajstić information content (AvgIpc) is 2.46. The van der Waals surface area contributed by atoms with E-state index >= 15 is 0 Å². The first-order chi connectivity index (χ1) is 10.9. The van der Waals surface area contributed by atoms with Crippen LogP contribution in [0.2, 0.25) is 0 Å². The van der Waals surface area contributed by atoms with Crippen LogP contribution in [0.25, 0.3) is 0 Å². The van der Waals surface area contributed by atoms with Gasteiger partial charge in [0.2, 0.25) is 0 Å². The number of amides is 1. The fourth-order valence-electron chi connectivity index (χ4n) is 3.05. The third-order valence-corrected chi connectivity index (χ3v) is 4.33. The molecule has 1 amide bonds. The molecule has 6 heteroatoms. The first kappa shape index (κ1) is 17.2. The minimum atomic E-state index is -0.657. The van der Waals surface area contributed by atoms with Crippen molar-refractivity contribution in [1.82, 2.24) is 5.32 Å². The Morgan fingerprint density at radius 3 is 2.65 bits per heavy atom. The van der Waals surface area contributed by atoms with Crippen LogP contribution in [0.4, 0.5) is 0 Å². The number of hydrogen-bond donors (Lipinski definition) is 1. The molecule has 0 aliphatic heterocycles. The van der Waals surface area contributed by atoms with Gasteiger partial charge in [-0.2, -0.15) is 0 Å². The number of ether oxygens (including phenoxy) is 1. The maximum atomic E-state index is 12.1. The van der Waals surface area contributed by atoms with E-state index in [1.54, 1.807) is 6.92 Å². The lowest BCUT2D eigenvalue weighted by Gasteiger charge is -2.29. The van der Waals surface area contributed by atoms with Gasteiger partial charge in [-0.3, -0.25) is 4.79 Å². The molecule has 1 aliphatic carbocycles. The SMILES string of the molecule is Cc1cc(=O)oc(C)c1C(=O)OCC(=O)N[C@H]1CCCC[C@@H]1C. The van der Waals surface area contributed by atoms with E-state index in [0.717, 1.165) is 19.3 Å². The van der Waals surface area contributed by atoms with Gasteiger partial charge in [0, 0.05) is 12.1 Å². The molecule has 0 spiro atoms. The van der Waals surface area contributed by atoms with E-state index in [1.165, 1.54) is 19.4 Å². The predicted octanol–water partition coefficient (Wildman–Crippen LogP) is 2.11. The molecule has 1 aromatic heterocycles. The maximum absolute atomic E-state index is 12.1. The molecule has 2 rings (SSSR count). The highest BCUT2D eigenvalue weighted by atomic mass is 16.5. The molecule has 1 N–H and O–H groups in total. The smallest absolute Gasteiger partial charge is 0.342 e. The van der Waals surface area contributed by atoms with E-state index in [1.807, 2.05) is 0 Å². The zero-order valence-electron chi connectivity index (χ0n) is 13.8. The summed E-state index contributed by atoms with van der Waals surface area (Å²) in [5.74, 6) is -0.321. The van der Waals surface area contributed by atoms with Crippen LogP contribution in [0.5, 0.6) is 0 Å². The lowest BCUT2D eigenvalue weighted by Crippen LogP contribution is -2.42. The van der Waals surface area contributed by atoms with Crippen LogP contribution in [0.3, 0.4) is 0 Å². The lowest BCUT2D eigenvalue weighted by atomic mass is 9.86. The quantitative estimate of drug-likeness (QED) is 0.858. The van der Waals surface area contributed by atoms with Gasteiger partial charge < -0.3 is 14.5 Å². The number of rotatable bonds is 4. The van der Waals surface area contributed by atoms with Crippen molar-refractivity contribution in [2.24, 2.45) is 5.92 Å². The second-order valence-electron chi connectivity index (χ2n) is 6.19. The summed E-state index contributed by atoms with van der Waals surface area (Å²) in [7, 11) is 0. The lowest BCUT2D eigenvalue weighted by molar-refractivity contribution is -0.125. The highest BCUT2D eigenvalue weighted by Gasteiger charge is 2.24. The van der Waals surface area contributed by atoms with E-state index < -0.39 is 11.6 Å². The fourth-order valence-corrected chi connectivity index (χ4v) is 3.05. The van der Waals surface area contributed by atoms with Crippen LogP contribution < -0.4 is 10.9 Å². The minimum absolute atomic E-state index is 0.146. The van der Waals surface area contributed by atoms with Gasteiger partial charge in [0.05, 0.1) is 0 Å². The Kier molecular flexibility index (Phi) is 5.58. The van der Waals surface area contributed by atoms with Gasteiger partial charge in [0.15, 0.2) is 6.61 Å². The fraction of sp³-hybridized carbons (Fsp3) is 0.588. The number of aryl methyl sites for hydroxylation is 2. The van der Waals surface area contributed by atoms with Crippen molar-refractivity contribution in [1.29, 1.82) is 0 Å². The summed E-state index contributed by atoms with van der Waals surface area (Å²) in [6.45, 7) is 4.94. The second kappa shape index (κ2) is 7.44. The summed E-state index contributed by atoms with van der Waals surface area (Å²) in [4.78, 5) is 35.3. The molecular formula is C17H23NO5. The van der Waals surface area contributed by atoms with Crippen molar-refractivity contribution in [3.8, 4) is 0 Å². The van der Waals surface area contributed by atoms with Gasteiger partial charge in [-0.15, -0.1) is 0 Å². The molecule has 23 heavy (non-hydrogen) atoms. The van der Waals surface area contributed by atoms with Gasteiger partial charge in [0.1, 0.15) is 11.3 Å². The van der Waals surface area contributed by atoms with E-state index in [9.17, 15) is 14.4 Å². The summed E-state index contributed by atoms with van der Waals surface area (Å²) >= 11 is 0. The molecule has 0 unspecified atom stereocenters. The highest BCUT2D eigenvalue weighted by Crippen LogP contribution is 2.23. The molecule has 6 nitrogen and oxygen atoms in total. The van der Waals surface area contributed by atoms with Crippen molar-refractivity contribution in [3.05, 3.63) is 33.4 Å². The van der Waals surface area contributed by atoms with Crippen molar-refractivity contribution in [2.75, 3.05) is 6.61 Å². The molecule has 0 bridgehead atoms. The molecule has 2 atom stereocenters. The van der Waals surface area contributed by atoms with E-state index in [-0.39, 0.29) is 29.9 Å². The summed E-state index contributed by atoms with van der Waals surface area (Å²) < 4.78 is 9.95. The van der Waals surface area contributed by atoms with Crippen molar-refractivity contribution < 1.29 is 18.7 Å². The van der Waals surface area contributed by atoms with Gasteiger partial charge in [-0.05, 0) is 38.2 Å². The molecule has 1 fully saturated rings. The zero-order valence-corrected chi connectivity index (χ0v) is 13.8. The first-order valence-corrected chi connectivity index (χ1v) is 7.96. The summed E-state index contributed by atoms with van der Waals surface area (Å²) in [5, 5.41) is 2.92. The Morgan fingerprint density at radius 2 is 2.00 bits per heavy atom. The molecule has 1 saturated carbocycles. The second-order valence-corrected chi connectivity index (χ2v) is 6.19. The molecule has 1 aromatic rings. The number of carbonyl (C=O) groups excluding carboxylic acids is 2. The van der Waals surface area contributed by atoms with Crippen LogP contribution in [-0.4, -0.2) is 24.5 Å². The zero-order chi connectivity index (χ0) is 17.0. The number of esters is 1. The molecule has 0 aromatic carbocycles. The maximum Gasteiger partial charge on any atom is 0.342 e. The standard InChI is InChI=1S/C17H23NO5/c1-10-6-4-5-7-13(10)18-14(19)9-22-17(21)16-11(2)8-15(20)23-12(16)3/h8,10,13H,4-7,9H2,1-3H3,(H,18,19)/t10-,13-/m0/s1. The van der Waals surface area contributed by atoms with Gasteiger partial charge in [-0.25, -0.2) is 9.59 Å². The molecular weight excluding hydrogens is 298 g/mol. The molecule has 0 saturated heterocycles.